The number of fused-ring (bicyclic) bond motifs is 1. The first-order valence-electron chi connectivity index (χ1n) is 9.23. The zero-order valence-electron chi connectivity index (χ0n) is 16.1. The van der Waals surface area contributed by atoms with Crippen LogP contribution in [0.5, 0.6) is 5.75 Å². The van der Waals surface area contributed by atoms with Crippen LogP contribution in [0.25, 0.3) is 11.0 Å². The standard InChI is InChI=1S/C22H25N3O2/c1-15-16(2)25-21-14-18(9-12-20(21)24-15)22(26)23-13-5-4-6-17-7-10-19(27-3)11-8-17/h7-12,14H,4-6,13H2,1-3H3,(H,23,26). The highest BCUT2D eigenvalue weighted by Crippen LogP contribution is 2.15. The van der Waals surface area contributed by atoms with Crippen LogP contribution in [0.4, 0.5) is 0 Å². The van der Waals surface area contributed by atoms with Crippen LogP contribution in [0.3, 0.4) is 0 Å². The zero-order valence-corrected chi connectivity index (χ0v) is 16.1. The largest absolute Gasteiger partial charge is 0.497 e. The maximum atomic E-state index is 12.4. The van der Waals surface area contributed by atoms with Crippen molar-refractivity contribution in [3.8, 4) is 5.75 Å². The van der Waals surface area contributed by atoms with Crippen molar-refractivity contribution >= 4 is 16.9 Å². The van der Waals surface area contributed by atoms with Gasteiger partial charge in [-0.2, -0.15) is 0 Å². The molecule has 3 aromatic rings. The molecule has 5 heteroatoms. The van der Waals surface area contributed by atoms with Crippen LogP contribution < -0.4 is 10.1 Å². The zero-order chi connectivity index (χ0) is 19.2. The van der Waals surface area contributed by atoms with Crippen LogP contribution >= 0.6 is 0 Å². The summed E-state index contributed by atoms with van der Waals surface area (Å²) in [7, 11) is 1.67. The van der Waals surface area contributed by atoms with Gasteiger partial charge < -0.3 is 10.1 Å². The minimum absolute atomic E-state index is 0.0682. The molecule has 1 N–H and O–H groups in total. The molecule has 0 fully saturated rings. The summed E-state index contributed by atoms with van der Waals surface area (Å²) in [5.74, 6) is 0.804. The number of carbonyl (C=O) groups excluding carboxylic acids is 1. The van der Waals surface area contributed by atoms with Crippen molar-refractivity contribution in [1.82, 2.24) is 15.3 Å². The molecule has 3 rings (SSSR count). The van der Waals surface area contributed by atoms with E-state index in [1.807, 2.05) is 38.1 Å². The average molecular weight is 363 g/mol. The van der Waals surface area contributed by atoms with Gasteiger partial charge in [0.2, 0.25) is 0 Å². The Bertz CT molecular complexity index is 936. The molecule has 1 amide bonds. The molecule has 1 heterocycles. The van der Waals surface area contributed by atoms with Gasteiger partial charge in [-0.3, -0.25) is 4.79 Å². The molecule has 0 aliphatic carbocycles. The van der Waals surface area contributed by atoms with Gasteiger partial charge in [0.15, 0.2) is 0 Å². The molecule has 0 bridgehead atoms. The predicted octanol–water partition coefficient (Wildman–Crippen LogP) is 4.01. The van der Waals surface area contributed by atoms with Crippen molar-refractivity contribution in [1.29, 1.82) is 0 Å². The van der Waals surface area contributed by atoms with Gasteiger partial charge in [-0.15, -0.1) is 0 Å². The first-order chi connectivity index (χ1) is 13.1. The minimum Gasteiger partial charge on any atom is -0.497 e. The molecule has 0 aliphatic rings. The van der Waals surface area contributed by atoms with Gasteiger partial charge in [0.1, 0.15) is 5.75 Å². The molecule has 0 saturated carbocycles. The number of nitrogens with zero attached hydrogens (tertiary/aromatic N) is 2. The molecule has 0 saturated heterocycles. The Hall–Kier alpha value is -2.95. The summed E-state index contributed by atoms with van der Waals surface area (Å²) in [5, 5.41) is 2.99. The first kappa shape index (κ1) is 18.8. The quantitative estimate of drug-likeness (QED) is 0.644. The van der Waals surface area contributed by atoms with E-state index < -0.39 is 0 Å². The number of aromatic nitrogens is 2. The number of benzene rings is 2. The molecule has 140 valence electrons. The summed E-state index contributed by atoms with van der Waals surface area (Å²) in [5.41, 5.74) is 5.27. The van der Waals surface area contributed by atoms with Gasteiger partial charge >= 0.3 is 0 Å². The van der Waals surface area contributed by atoms with Gasteiger partial charge in [0.05, 0.1) is 29.5 Å². The van der Waals surface area contributed by atoms with E-state index in [2.05, 4.69) is 27.4 Å². The van der Waals surface area contributed by atoms with Gasteiger partial charge in [0.25, 0.3) is 5.91 Å². The van der Waals surface area contributed by atoms with Gasteiger partial charge in [-0.1, -0.05) is 12.1 Å². The Morgan fingerprint density at radius 2 is 1.67 bits per heavy atom. The maximum absolute atomic E-state index is 12.4. The summed E-state index contributed by atoms with van der Waals surface area (Å²) in [6, 6.07) is 13.6. The Morgan fingerprint density at radius 1 is 0.963 bits per heavy atom. The Balaban J connectivity index is 1.48. The molecule has 27 heavy (non-hydrogen) atoms. The van der Waals surface area contributed by atoms with Crippen LogP contribution in [0, 0.1) is 13.8 Å². The lowest BCUT2D eigenvalue weighted by Gasteiger charge is -2.07. The van der Waals surface area contributed by atoms with E-state index in [-0.39, 0.29) is 5.91 Å². The number of amides is 1. The normalized spacial score (nSPS) is 10.8. The Kier molecular flexibility index (Phi) is 6.01. The van der Waals surface area contributed by atoms with Crippen LogP contribution in [0.1, 0.15) is 40.2 Å². The smallest absolute Gasteiger partial charge is 0.251 e. The second-order valence-corrected chi connectivity index (χ2v) is 6.66. The van der Waals surface area contributed by atoms with E-state index in [9.17, 15) is 4.79 Å². The van der Waals surface area contributed by atoms with Crippen molar-refractivity contribution < 1.29 is 9.53 Å². The van der Waals surface area contributed by atoms with Crippen molar-refractivity contribution in [2.45, 2.75) is 33.1 Å². The SMILES string of the molecule is COc1ccc(CCCCNC(=O)c2ccc3nc(C)c(C)nc3c2)cc1. The summed E-state index contributed by atoms with van der Waals surface area (Å²) in [4.78, 5) is 21.4. The molecule has 0 aliphatic heterocycles. The lowest BCUT2D eigenvalue weighted by molar-refractivity contribution is 0.0953. The average Bonchev–Trinajstić information content (AvgIpc) is 2.68. The lowest BCUT2D eigenvalue weighted by atomic mass is 10.1. The van der Waals surface area contributed by atoms with Crippen molar-refractivity contribution in [2.75, 3.05) is 13.7 Å². The third-order valence-corrected chi connectivity index (χ3v) is 4.67. The van der Waals surface area contributed by atoms with E-state index in [1.165, 1.54) is 5.56 Å². The monoisotopic (exact) mass is 363 g/mol. The Labute approximate surface area is 159 Å². The summed E-state index contributed by atoms with van der Waals surface area (Å²) in [6.45, 7) is 4.53. The lowest BCUT2D eigenvalue weighted by Crippen LogP contribution is -2.24. The molecule has 0 atom stereocenters. The summed E-state index contributed by atoms with van der Waals surface area (Å²) in [6.07, 6.45) is 2.95. The van der Waals surface area contributed by atoms with E-state index in [4.69, 9.17) is 4.74 Å². The van der Waals surface area contributed by atoms with Crippen LogP contribution in [-0.4, -0.2) is 29.5 Å². The summed E-state index contributed by atoms with van der Waals surface area (Å²) < 4.78 is 5.16. The summed E-state index contributed by atoms with van der Waals surface area (Å²) >= 11 is 0. The molecule has 0 unspecified atom stereocenters. The highest BCUT2D eigenvalue weighted by atomic mass is 16.5. The molecule has 0 spiro atoms. The minimum atomic E-state index is -0.0682. The fourth-order valence-corrected chi connectivity index (χ4v) is 2.92. The Morgan fingerprint density at radius 3 is 2.37 bits per heavy atom. The molecule has 1 aromatic heterocycles. The molecular weight excluding hydrogens is 338 g/mol. The molecule has 5 nitrogen and oxygen atoms in total. The van der Waals surface area contributed by atoms with Crippen molar-refractivity contribution in [3.63, 3.8) is 0 Å². The molecular formula is C22H25N3O2. The maximum Gasteiger partial charge on any atom is 0.251 e. The number of carbonyl (C=O) groups is 1. The fraction of sp³-hybridized carbons (Fsp3) is 0.318. The van der Waals surface area contributed by atoms with Gasteiger partial charge in [0, 0.05) is 12.1 Å². The fourth-order valence-electron chi connectivity index (χ4n) is 2.92. The van der Waals surface area contributed by atoms with Crippen LogP contribution in [0.15, 0.2) is 42.5 Å². The first-order valence-corrected chi connectivity index (χ1v) is 9.23. The van der Waals surface area contributed by atoms with E-state index in [0.717, 1.165) is 47.4 Å². The van der Waals surface area contributed by atoms with E-state index in [0.29, 0.717) is 12.1 Å². The van der Waals surface area contributed by atoms with E-state index in [1.54, 1.807) is 13.2 Å². The molecule has 0 radical (unpaired) electrons. The number of hydrogen-bond acceptors (Lipinski definition) is 4. The number of ether oxygens (including phenoxy) is 1. The number of unbranched alkanes of at least 4 members (excludes halogenated alkanes) is 1. The third-order valence-electron chi connectivity index (χ3n) is 4.67. The van der Waals surface area contributed by atoms with E-state index >= 15 is 0 Å². The highest BCUT2D eigenvalue weighted by molar-refractivity contribution is 5.97. The van der Waals surface area contributed by atoms with Crippen molar-refractivity contribution in [2.24, 2.45) is 0 Å². The third kappa shape index (κ3) is 4.82. The second-order valence-electron chi connectivity index (χ2n) is 6.66. The number of aryl methyl sites for hydroxylation is 3. The topological polar surface area (TPSA) is 64.1 Å². The number of hydrogen-bond donors (Lipinski definition) is 1. The molecule has 2 aromatic carbocycles. The van der Waals surface area contributed by atoms with Gasteiger partial charge in [-0.25, -0.2) is 9.97 Å². The second kappa shape index (κ2) is 8.62. The predicted molar refractivity (Wildman–Crippen MR) is 107 cm³/mol. The van der Waals surface area contributed by atoms with Crippen molar-refractivity contribution in [3.05, 3.63) is 65.0 Å². The highest BCUT2D eigenvalue weighted by Gasteiger charge is 2.08. The number of rotatable bonds is 7. The van der Waals surface area contributed by atoms with Gasteiger partial charge in [-0.05, 0) is 69.0 Å². The van der Waals surface area contributed by atoms with Crippen LogP contribution in [-0.2, 0) is 6.42 Å². The van der Waals surface area contributed by atoms with Crippen LogP contribution in [0.2, 0.25) is 0 Å². The number of nitrogens with one attached hydrogen (secondary N) is 1. The number of methoxy groups -OCH3 is 1.